The summed E-state index contributed by atoms with van der Waals surface area (Å²) in [6.45, 7) is 15.2. The maximum Gasteiger partial charge on any atom is 0.324 e. The minimum absolute atomic E-state index is 0. The Hall–Kier alpha value is -3.19. The van der Waals surface area contributed by atoms with Crippen molar-refractivity contribution in [3.8, 4) is 22.5 Å². The predicted molar refractivity (Wildman–Crippen MR) is 303 cm³/mol. The molecule has 2 fully saturated rings. The van der Waals surface area contributed by atoms with Crippen LogP contribution >= 0.6 is 78.8 Å². The van der Waals surface area contributed by atoms with E-state index >= 15 is 0 Å². The summed E-state index contributed by atoms with van der Waals surface area (Å²) in [4.78, 5) is 72.2. The number of aryl methyl sites for hydroxylation is 1. The minimum atomic E-state index is -1.06. The van der Waals surface area contributed by atoms with Gasteiger partial charge in [0.05, 0.1) is 47.5 Å². The number of nitrogens with zero attached hydrogens (tertiary/aromatic N) is 7. The zero-order chi connectivity index (χ0) is 46.7. The Bertz CT molecular complexity index is 2380. The average molecular weight is 1080 g/mol. The summed E-state index contributed by atoms with van der Waals surface area (Å²) in [5.74, 6) is -1.58. The molecular formula is C48H77N9O7S6. The molecule has 16 nitrogen and oxygen atoms in total. The summed E-state index contributed by atoms with van der Waals surface area (Å²) in [7, 11) is 7.25. The number of cyclic esters (lactones) is 1. The molecule has 1 aromatic carbocycles. The summed E-state index contributed by atoms with van der Waals surface area (Å²) in [5.41, 5.74) is 9.36. The normalized spacial score (nSPS) is 20.0. The quantitative estimate of drug-likeness (QED) is 0.177. The molecular weight excluding hydrogens is 1010 g/mol. The molecule has 0 unspecified atom stereocenters. The number of aromatic nitrogens is 3. The third-order valence-corrected chi connectivity index (χ3v) is 13.6. The largest absolute Gasteiger partial charge is 0.464 e. The lowest BCUT2D eigenvalue weighted by Crippen LogP contribution is -2.63. The lowest BCUT2D eigenvalue weighted by molar-refractivity contribution is -0.155. The van der Waals surface area contributed by atoms with Gasteiger partial charge < -0.3 is 38.8 Å². The fourth-order valence-electron chi connectivity index (χ4n) is 9.50. The van der Waals surface area contributed by atoms with Crippen molar-refractivity contribution in [3.05, 3.63) is 58.2 Å². The van der Waals surface area contributed by atoms with E-state index in [0.717, 1.165) is 44.7 Å². The van der Waals surface area contributed by atoms with Crippen LogP contribution in [0.25, 0.3) is 33.4 Å². The lowest BCUT2D eigenvalue weighted by Gasteiger charge is -2.39. The van der Waals surface area contributed by atoms with Crippen molar-refractivity contribution in [2.45, 2.75) is 104 Å². The second-order valence-corrected chi connectivity index (χ2v) is 20.0. The number of pyridine rings is 1. The maximum absolute atomic E-state index is 14.6. The first kappa shape index (κ1) is 62.9. The van der Waals surface area contributed by atoms with Crippen LogP contribution in [0.3, 0.4) is 0 Å². The molecule has 4 aromatic rings. The van der Waals surface area contributed by atoms with Gasteiger partial charge in [-0.15, -0.1) is 11.3 Å². The van der Waals surface area contributed by atoms with Crippen molar-refractivity contribution in [2.24, 2.45) is 11.3 Å². The number of carbonyl (C=O) groups excluding carboxylic acids is 4. The number of likely N-dealkylation sites (N-methyl/N-ethyl adjacent to an activating group) is 2. The Morgan fingerprint density at radius 2 is 1.79 bits per heavy atom. The van der Waals surface area contributed by atoms with Gasteiger partial charge in [-0.3, -0.25) is 24.4 Å². The number of hydrogen-bond acceptors (Lipinski definition) is 12. The molecule has 6 heterocycles. The molecule has 2 saturated heterocycles. The van der Waals surface area contributed by atoms with E-state index in [1.807, 2.05) is 51.2 Å². The van der Waals surface area contributed by atoms with Crippen molar-refractivity contribution in [1.29, 1.82) is 0 Å². The van der Waals surface area contributed by atoms with Crippen LogP contribution < -0.4 is 10.7 Å². The minimum Gasteiger partial charge on any atom is -0.464 e. The van der Waals surface area contributed by atoms with Gasteiger partial charge in [0.15, 0.2) is 0 Å². The highest BCUT2D eigenvalue weighted by Gasteiger charge is 2.39. The molecule has 0 aliphatic carbocycles. The zero-order valence-electron chi connectivity index (χ0n) is 42.2. The van der Waals surface area contributed by atoms with E-state index < -0.39 is 41.3 Å². The van der Waals surface area contributed by atoms with Gasteiger partial charge >= 0.3 is 12.0 Å². The third kappa shape index (κ3) is 14.1. The summed E-state index contributed by atoms with van der Waals surface area (Å²) in [6.07, 6.45) is 3.11. The van der Waals surface area contributed by atoms with Gasteiger partial charge in [-0.05, 0) is 83.0 Å². The smallest absolute Gasteiger partial charge is 0.324 e. The molecule has 3 aromatic heterocycles. The molecule has 2 N–H and O–H groups in total. The molecule has 0 radical (unpaired) electrons. The molecule has 6 bridgehead atoms. The van der Waals surface area contributed by atoms with Gasteiger partial charge in [-0.25, -0.2) is 15.2 Å². The van der Waals surface area contributed by atoms with Crippen LogP contribution in [0.2, 0.25) is 0 Å². The molecule has 392 valence electrons. The van der Waals surface area contributed by atoms with E-state index in [4.69, 9.17) is 24.2 Å². The van der Waals surface area contributed by atoms with Crippen LogP contribution in [-0.4, -0.2) is 150 Å². The highest BCUT2D eigenvalue weighted by molar-refractivity contribution is 7.60. The number of hydrazine groups is 1. The predicted octanol–water partition coefficient (Wildman–Crippen LogP) is 6.11. The second-order valence-electron chi connectivity index (χ2n) is 19.1. The van der Waals surface area contributed by atoms with Crippen LogP contribution in [0.15, 0.2) is 41.9 Å². The van der Waals surface area contributed by atoms with Gasteiger partial charge in [-0.1, -0.05) is 33.8 Å². The number of benzene rings is 1. The number of thiazole rings is 1. The van der Waals surface area contributed by atoms with Crippen molar-refractivity contribution < 1.29 is 33.4 Å². The summed E-state index contributed by atoms with van der Waals surface area (Å²) < 4.78 is 20.2. The summed E-state index contributed by atoms with van der Waals surface area (Å²) in [5, 5.41) is 8.20. The fourth-order valence-corrected chi connectivity index (χ4v) is 10.4. The number of esters is 1. The monoisotopic (exact) mass is 1080 g/mol. The van der Waals surface area contributed by atoms with Crippen LogP contribution in [0.5, 0.6) is 0 Å². The highest BCUT2D eigenvalue weighted by Crippen LogP contribution is 2.42. The highest BCUT2D eigenvalue weighted by atomic mass is 32.1. The van der Waals surface area contributed by atoms with Gasteiger partial charge in [0, 0.05) is 92.3 Å². The SMILES string of the molecule is CCn1c(-c2cccnc2[C@H](C)OC)c2c3cc(ccc31)-c1csc(n1)C[C@H](NC(=O)[C@H](C(C)C)N(C)C(=O)N1CCO[C@@H](CN(C)C)C1)C(=O)N1CCC[C@H](N1)C(=O)OCC(C)(C)C2.S.S.S.S.S. The van der Waals surface area contributed by atoms with Crippen LogP contribution in [0.1, 0.15) is 76.8 Å². The first-order valence-electron chi connectivity index (χ1n) is 22.9. The average Bonchev–Trinajstić information content (AvgIpc) is 3.88. The Kier molecular flexibility index (Phi) is 24.5. The number of amides is 4. The summed E-state index contributed by atoms with van der Waals surface area (Å²) >= 11 is 1.42. The fraction of sp³-hybridized carbons (Fsp3) is 0.583. The van der Waals surface area contributed by atoms with E-state index in [1.54, 1.807) is 25.3 Å². The number of carbonyl (C=O) groups is 4. The molecule has 22 heteroatoms. The number of hydrogen-bond donors (Lipinski definition) is 2. The molecule has 3 aliphatic heterocycles. The summed E-state index contributed by atoms with van der Waals surface area (Å²) in [6, 6.07) is 7.47. The number of urea groups is 1. The topological polar surface area (TPSA) is 164 Å². The first-order chi connectivity index (χ1) is 31.0. The van der Waals surface area contributed by atoms with Gasteiger partial charge in [0.1, 0.15) is 18.1 Å². The lowest BCUT2D eigenvalue weighted by atomic mass is 9.84. The van der Waals surface area contributed by atoms with E-state index in [1.165, 1.54) is 21.2 Å². The third-order valence-electron chi connectivity index (χ3n) is 12.8. The van der Waals surface area contributed by atoms with Crippen molar-refractivity contribution in [3.63, 3.8) is 0 Å². The number of methoxy groups -OCH3 is 1. The number of morpholine rings is 1. The number of ether oxygens (including phenoxy) is 3. The van der Waals surface area contributed by atoms with E-state index in [2.05, 4.69) is 60.3 Å². The number of nitrogens with one attached hydrogen (secondary N) is 2. The molecule has 0 saturated carbocycles. The van der Waals surface area contributed by atoms with Crippen molar-refractivity contribution >= 4 is 114 Å². The molecule has 5 atom stereocenters. The van der Waals surface area contributed by atoms with Crippen molar-refractivity contribution in [1.82, 2.24) is 45.0 Å². The van der Waals surface area contributed by atoms with E-state index in [0.29, 0.717) is 63.6 Å². The molecule has 4 amide bonds. The Morgan fingerprint density at radius 1 is 1.06 bits per heavy atom. The van der Waals surface area contributed by atoms with Gasteiger partial charge in [-0.2, -0.15) is 67.5 Å². The molecule has 3 aliphatic rings. The van der Waals surface area contributed by atoms with Gasteiger partial charge in [0.25, 0.3) is 5.91 Å². The first-order valence-corrected chi connectivity index (χ1v) is 23.8. The Labute approximate surface area is 452 Å². The Morgan fingerprint density at radius 3 is 2.46 bits per heavy atom. The van der Waals surface area contributed by atoms with E-state index in [9.17, 15) is 19.2 Å². The van der Waals surface area contributed by atoms with Crippen LogP contribution in [-0.2, 0) is 48.0 Å². The molecule has 7 rings (SSSR count). The zero-order valence-corrected chi connectivity index (χ0v) is 48.0. The van der Waals surface area contributed by atoms with Crippen molar-refractivity contribution in [2.75, 3.05) is 67.6 Å². The van der Waals surface area contributed by atoms with Crippen LogP contribution in [0, 0.1) is 11.3 Å². The molecule has 0 spiro atoms. The van der Waals surface area contributed by atoms with Crippen LogP contribution in [0.4, 0.5) is 4.79 Å². The second kappa shape index (κ2) is 27.2. The Balaban J connectivity index is 0.00000336. The number of rotatable bonds is 10. The standard InChI is InChI=1S/C48H67N9O7S.5H2S/c1-11-56-39-17-16-31-22-34(39)35(43(56)33-14-12-18-49-41(33)30(4)62-10)24-48(5,6)28-64-46(60)36-15-13-19-57(52-36)45(59)37(23-40-50-38(31)27-65-40)51-44(58)42(29(2)3)54(9)47(61)55-20-21-63-32(26-55)25-53(7)8;;;;;/h12,14,16-18,22,27,29-30,32,36-37,42,52H,11,13,15,19-21,23-26,28H2,1-10H3,(H,51,58);5*1H2/t30-,32-,36-,37-,42-;;;;;/m0...../s1. The van der Waals surface area contributed by atoms with E-state index in [-0.39, 0.29) is 105 Å². The molecule has 70 heavy (non-hydrogen) atoms. The van der Waals surface area contributed by atoms with Gasteiger partial charge in [0.2, 0.25) is 5.91 Å². The number of fused-ring (bicyclic) bond motifs is 6. The maximum atomic E-state index is 14.6.